The lowest BCUT2D eigenvalue weighted by atomic mass is 10.3. The highest BCUT2D eigenvalue weighted by Gasteiger charge is 2.20. The Hall–Kier alpha value is -0.640. The third kappa shape index (κ3) is 3.28. The van der Waals surface area contributed by atoms with Crippen LogP contribution in [0.2, 0.25) is 0 Å². The summed E-state index contributed by atoms with van der Waals surface area (Å²) in [5.41, 5.74) is 5.47. The maximum Gasteiger partial charge on any atom is 0.263 e. The first-order valence-corrected chi connectivity index (χ1v) is 8.71. The Morgan fingerprint density at radius 1 is 1.26 bits per heavy atom. The van der Waals surface area contributed by atoms with Crippen molar-refractivity contribution in [1.82, 2.24) is 0 Å². The van der Waals surface area contributed by atoms with E-state index in [0.29, 0.717) is 7.57 Å². The van der Waals surface area contributed by atoms with Crippen LogP contribution in [0.4, 0.5) is 15.8 Å². The second-order valence-corrected chi connectivity index (χ2v) is 8.93. The van der Waals surface area contributed by atoms with Gasteiger partial charge in [0.1, 0.15) is 10.7 Å². The topological polar surface area (TPSA) is 72.2 Å². The first-order valence-electron chi connectivity index (χ1n) is 4.82. The average molecular weight is 430 g/mol. The summed E-state index contributed by atoms with van der Waals surface area (Å²) >= 11 is 7.63. The molecule has 2 aromatic rings. The van der Waals surface area contributed by atoms with Crippen molar-refractivity contribution in [3.05, 3.63) is 37.7 Å². The van der Waals surface area contributed by atoms with E-state index in [-0.39, 0.29) is 16.3 Å². The molecule has 0 aliphatic carbocycles. The van der Waals surface area contributed by atoms with Crippen molar-refractivity contribution in [2.75, 3.05) is 10.5 Å². The minimum atomic E-state index is -3.75. The molecule has 3 N–H and O–H groups in total. The van der Waals surface area contributed by atoms with Crippen molar-refractivity contribution in [1.29, 1.82) is 0 Å². The number of benzene rings is 1. The lowest BCUT2D eigenvalue weighted by Gasteiger charge is -2.08. The van der Waals surface area contributed by atoms with Crippen LogP contribution in [0.3, 0.4) is 0 Å². The fraction of sp³-hybridized carbons (Fsp3) is 0. The Morgan fingerprint density at radius 2 is 1.95 bits per heavy atom. The van der Waals surface area contributed by atoms with E-state index in [1.165, 1.54) is 29.5 Å². The van der Waals surface area contributed by atoms with Crippen molar-refractivity contribution in [3.63, 3.8) is 0 Å². The van der Waals surface area contributed by atoms with Gasteiger partial charge in [-0.25, -0.2) is 12.8 Å². The molecule has 1 aromatic carbocycles. The molecule has 0 amide bonds. The molecule has 0 atom stereocenters. The molecule has 0 bridgehead atoms. The van der Waals surface area contributed by atoms with Crippen molar-refractivity contribution in [3.8, 4) is 0 Å². The van der Waals surface area contributed by atoms with Gasteiger partial charge in [-0.15, -0.1) is 11.3 Å². The van der Waals surface area contributed by atoms with E-state index in [1.54, 1.807) is 0 Å². The van der Waals surface area contributed by atoms with Gasteiger partial charge in [0.2, 0.25) is 0 Å². The summed E-state index contributed by atoms with van der Waals surface area (Å²) in [7, 11) is -3.75. The Labute approximate surface area is 130 Å². The van der Waals surface area contributed by atoms with Gasteiger partial charge in [0.25, 0.3) is 10.0 Å². The van der Waals surface area contributed by atoms with Gasteiger partial charge in [-0.05, 0) is 56.1 Å². The molecule has 19 heavy (non-hydrogen) atoms. The minimum Gasteiger partial charge on any atom is -0.396 e. The molecule has 0 aliphatic rings. The van der Waals surface area contributed by atoms with Crippen molar-refractivity contribution < 1.29 is 12.8 Å². The van der Waals surface area contributed by atoms with Crippen LogP contribution < -0.4 is 10.5 Å². The van der Waals surface area contributed by atoms with Crippen molar-refractivity contribution in [2.45, 2.75) is 4.90 Å². The van der Waals surface area contributed by atoms with E-state index in [1.807, 2.05) is 0 Å². The second-order valence-electron chi connectivity index (χ2n) is 3.53. The van der Waals surface area contributed by atoms with E-state index in [4.69, 9.17) is 5.73 Å². The summed E-state index contributed by atoms with van der Waals surface area (Å²) in [6.45, 7) is 0. The molecule has 0 saturated heterocycles. The third-order valence-electron chi connectivity index (χ3n) is 2.16. The van der Waals surface area contributed by atoms with E-state index < -0.39 is 15.8 Å². The summed E-state index contributed by atoms with van der Waals surface area (Å²) in [5, 5.41) is 0. The number of sulfonamides is 1. The molecule has 0 fully saturated rings. The summed E-state index contributed by atoms with van der Waals surface area (Å²) in [4.78, 5) is 0.104. The molecule has 0 unspecified atom stereocenters. The van der Waals surface area contributed by atoms with Gasteiger partial charge < -0.3 is 5.73 Å². The molecule has 0 saturated carbocycles. The molecule has 2 rings (SSSR count). The number of anilines is 2. The van der Waals surface area contributed by atoms with Crippen LogP contribution in [0, 0.1) is 5.82 Å². The predicted octanol–water partition coefficient (Wildman–Crippen LogP) is 3.80. The van der Waals surface area contributed by atoms with Crippen LogP contribution >= 0.6 is 43.2 Å². The summed E-state index contributed by atoms with van der Waals surface area (Å²) in [5.74, 6) is -0.595. The molecule has 4 nitrogen and oxygen atoms in total. The molecule has 0 spiro atoms. The monoisotopic (exact) mass is 428 g/mol. The van der Waals surface area contributed by atoms with Gasteiger partial charge >= 0.3 is 0 Å². The number of hydrogen-bond acceptors (Lipinski definition) is 4. The standard InChI is InChI=1S/C10H7Br2FN2O2S2/c11-9-4-8(10(12)18-9)19(16,17)15-5-1-2-6(13)7(14)3-5/h1-4,15H,14H2. The molecular weight excluding hydrogens is 423 g/mol. The summed E-state index contributed by atoms with van der Waals surface area (Å²) in [6, 6.07) is 5.11. The van der Waals surface area contributed by atoms with E-state index >= 15 is 0 Å². The zero-order valence-corrected chi connectivity index (χ0v) is 14.0. The van der Waals surface area contributed by atoms with Crippen LogP contribution in [-0.4, -0.2) is 8.42 Å². The zero-order valence-electron chi connectivity index (χ0n) is 9.15. The lowest BCUT2D eigenvalue weighted by Crippen LogP contribution is -2.12. The number of nitrogens with two attached hydrogens (primary N) is 1. The van der Waals surface area contributed by atoms with Gasteiger partial charge in [-0.1, -0.05) is 0 Å². The SMILES string of the molecule is Nc1cc(NS(=O)(=O)c2cc(Br)sc2Br)ccc1F. The quantitative estimate of drug-likeness (QED) is 0.729. The highest BCUT2D eigenvalue weighted by atomic mass is 79.9. The fourth-order valence-electron chi connectivity index (χ4n) is 1.33. The van der Waals surface area contributed by atoms with Crippen LogP contribution in [0.15, 0.2) is 36.7 Å². The van der Waals surface area contributed by atoms with Gasteiger partial charge in [0.05, 0.1) is 18.9 Å². The van der Waals surface area contributed by atoms with Crippen LogP contribution in [0.1, 0.15) is 0 Å². The van der Waals surface area contributed by atoms with Crippen LogP contribution in [0.5, 0.6) is 0 Å². The molecule has 9 heteroatoms. The maximum atomic E-state index is 13.0. The van der Waals surface area contributed by atoms with Gasteiger partial charge in [-0.2, -0.15) is 0 Å². The Kier molecular flexibility index (Phi) is 4.19. The van der Waals surface area contributed by atoms with Gasteiger partial charge in [0.15, 0.2) is 0 Å². The number of thiophene rings is 1. The first-order chi connectivity index (χ1) is 8.79. The smallest absolute Gasteiger partial charge is 0.263 e. The average Bonchev–Trinajstić information content (AvgIpc) is 2.63. The van der Waals surface area contributed by atoms with E-state index in [9.17, 15) is 12.8 Å². The van der Waals surface area contributed by atoms with E-state index in [2.05, 4.69) is 36.6 Å². The molecule has 102 valence electrons. The maximum absolute atomic E-state index is 13.0. The minimum absolute atomic E-state index is 0.104. The summed E-state index contributed by atoms with van der Waals surface area (Å²) in [6.07, 6.45) is 0. The summed E-state index contributed by atoms with van der Waals surface area (Å²) < 4.78 is 40.8. The van der Waals surface area contributed by atoms with Gasteiger partial charge in [0, 0.05) is 0 Å². The second kappa shape index (κ2) is 5.39. The largest absolute Gasteiger partial charge is 0.396 e. The Bertz CT molecular complexity index is 731. The number of halogens is 3. The molecule has 0 aliphatic heterocycles. The van der Waals surface area contributed by atoms with Crippen LogP contribution in [-0.2, 0) is 10.0 Å². The molecule has 1 heterocycles. The highest BCUT2D eigenvalue weighted by Crippen LogP contribution is 2.35. The third-order valence-corrected chi connectivity index (χ3v) is 6.30. The number of nitrogens with one attached hydrogen (secondary N) is 1. The molecular formula is C10H7Br2FN2O2S2. The zero-order chi connectivity index (χ0) is 14.2. The Balaban J connectivity index is 2.36. The van der Waals surface area contributed by atoms with Crippen molar-refractivity contribution >= 4 is 64.6 Å². The molecule has 0 radical (unpaired) electrons. The Morgan fingerprint density at radius 3 is 2.47 bits per heavy atom. The number of hydrogen-bond donors (Lipinski definition) is 2. The predicted molar refractivity (Wildman–Crippen MR) is 81.3 cm³/mol. The molecule has 1 aromatic heterocycles. The lowest BCUT2D eigenvalue weighted by molar-refractivity contribution is 0.601. The highest BCUT2D eigenvalue weighted by molar-refractivity contribution is 9.12. The number of nitrogen functional groups attached to an aromatic ring is 1. The van der Waals surface area contributed by atoms with Gasteiger partial charge in [-0.3, -0.25) is 4.72 Å². The first kappa shape index (κ1) is 14.8. The normalized spacial score (nSPS) is 11.5. The van der Waals surface area contributed by atoms with E-state index in [0.717, 1.165) is 6.07 Å². The van der Waals surface area contributed by atoms with Crippen molar-refractivity contribution in [2.24, 2.45) is 0 Å². The number of rotatable bonds is 3. The van der Waals surface area contributed by atoms with Crippen LogP contribution in [0.25, 0.3) is 0 Å². The fourth-order valence-corrected chi connectivity index (χ4v) is 6.19.